The monoisotopic (exact) mass is 320 g/mol. The second kappa shape index (κ2) is 13.2. The van der Waals surface area contributed by atoms with Crippen molar-refractivity contribution in [3.05, 3.63) is 0 Å². The van der Waals surface area contributed by atoms with Gasteiger partial charge in [0.05, 0.1) is 0 Å². The van der Waals surface area contributed by atoms with Crippen LogP contribution in [0.2, 0.25) is 0 Å². The third-order valence-electron chi connectivity index (χ3n) is 2.45. The molecule has 19 heavy (non-hydrogen) atoms. The van der Waals surface area contributed by atoms with E-state index in [0.717, 1.165) is 38.8 Å². The molecule has 1 heterocycles. The van der Waals surface area contributed by atoms with Crippen LogP contribution < -0.4 is 4.90 Å². The Labute approximate surface area is 171 Å². The van der Waals surface area contributed by atoms with Gasteiger partial charge in [0.15, 0.2) is 10.3 Å². The molecule has 4 nitrogen and oxygen atoms in total. The Morgan fingerprint density at radius 3 is 1.63 bits per heavy atom. The molecule has 0 aliphatic heterocycles. The van der Waals surface area contributed by atoms with Gasteiger partial charge in [-0.25, -0.2) is 0 Å². The standard InChI is InChI=1S/C11H20N4S2.2Na.2H/c1-3-5-7-15(8-6-4-2)9-12-10(16)14-11(17)13-9;;;;/h3-8H2,1-2H3,(H2,12,13,14,16,17);;;;. The second-order valence-electron chi connectivity index (χ2n) is 3.93. The van der Waals surface area contributed by atoms with Gasteiger partial charge >= 0.3 is 59.1 Å². The van der Waals surface area contributed by atoms with Gasteiger partial charge < -0.3 is 4.90 Å². The van der Waals surface area contributed by atoms with Crippen molar-refractivity contribution in [2.45, 2.75) is 49.8 Å². The molecule has 0 fully saturated rings. The first-order valence-corrected chi connectivity index (χ1v) is 6.95. The maximum atomic E-state index is 4.26. The van der Waals surface area contributed by atoms with Crippen LogP contribution in [-0.4, -0.2) is 87.2 Å². The average molecular weight is 320 g/mol. The SMILES string of the molecule is CCCCN(CCCC)c1nc(S)nc(S)n1.[NaH].[NaH]. The van der Waals surface area contributed by atoms with Crippen molar-refractivity contribution in [3.63, 3.8) is 0 Å². The zero-order valence-electron chi connectivity index (χ0n) is 10.4. The fourth-order valence-electron chi connectivity index (χ4n) is 1.49. The van der Waals surface area contributed by atoms with E-state index in [1.165, 1.54) is 0 Å². The molecule has 0 aliphatic carbocycles. The van der Waals surface area contributed by atoms with Gasteiger partial charge in [-0.15, -0.1) is 25.3 Å². The van der Waals surface area contributed by atoms with Crippen LogP contribution in [0, 0.1) is 0 Å². The summed E-state index contributed by atoms with van der Waals surface area (Å²) in [6.45, 7) is 6.31. The number of rotatable bonds is 7. The van der Waals surface area contributed by atoms with Gasteiger partial charge in [0.1, 0.15) is 0 Å². The molecule has 0 bridgehead atoms. The summed E-state index contributed by atoms with van der Waals surface area (Å²) in [4.78, 5) is 14.7. The van der Waals surface area contributed by atoms with Gasteiger partial charge in [-0.2, -0.15) is 15.0 Å². The van der Waals surface area contributed by atoms with Gasteiger partial charge in [-0.1, -0.05) is 26.7 Å². The molecule has 1 rings (SSSR count). The van der Waals surface area contributed by atoms with Gasteiger partial charge in [-0.05, 0) is 12.8 Å². The Balaban J connectivity index is 0. The van der Waals surface area contributed by atoms with E-state index >= 15 is 0 Å². The summed E-state index contributed by atoms with van der Waals surface area (Å²) in [6.07, 6.45) is 4.60. The van der Waals surface area contributed by atoms with Crippen molar-refractivity contribution in [2.75, 3.05) is 18.0 Å². The van der Waals surface area contributed by atoms with Crippen molar-refractivity contribution in [2.24, 2.45) is 0 Å². The van der Waals surface area contributed by atoms with Crippen LogP contribution in [0.4, 0.5) is 5.95 Å². The van der Waals surface area contributed by atoms with Gasteiger partial charge in [0, 0.05) is 13.1 Å². The van der Waals surface area contributed by atoms with Crippen LogP contribution in [0.3, 0.4) is 0 Å². The Morgan fingerprint density at radius 1 is 0.842 bits per heavy atom. The molecule has 0 saturated heterocycles. The van der Waals surface area contributed by atoms with Gasteiger partial charge in [0.25, 0.3) is 0 Å². The van der Waals surface area contributed by atoms with Crippen molar-refractivity contribution >= 4 is 90.3 Å². The Kier molecular flexibility index (Phi) is 15.8. The first-order valence-electron chi connectivity index (χ1n) is 6.06. The molecule has 100 valence electrons. The van der Waals surface area contributed by atoms with Gasteiger partial charge in [0.2, 0.25) is 5.95 Å². The molecule has 0 radical (unpaired) electrons. The van der Waals surface area contributed by atoms with E-state index in [-0.39, 0.29) is 59.1 Å². The molecule has 0 unspecified atom stereocenters. The van der Waals surface area contributed by atoms with E-state index in [1.54, 1.807) is 0 Å². The van der Waals surface area contributed by atoms with E-state index < -0.39 is 0 Å². The maximum absolute atomic E-state index is 4.26. The molecule has 1 aromatic heterocycles. The number of anilines is 1. The number of unbranched alkanes of at least 4 members (excludes halogenated alkanes) is 2. The van der Waals surface area contributed by atoms with Crippen LogP contribution in [-0.2, 0) is 0 Å². The average Bonchev–Trinajstić information content (AvgIpc) is 2.28. The zero-order chi connectivity index (χ0) is 12.7. The first kappa shape index (κ1) is 22.8. The molecule has 0 saturated carbocycles. The molecule has 0 aliphatic rings. The Bertz CT molecular complexity index is 327. The molecule has 0 spiro atoms. The number of thiol groups is 2. The normalized spacial score (nSPS) is 9.47. The van der Waals surface area contributed by atoms with Crippen molar-refractivity contribution in [3.8, 4) is 0 Å². The molecule has 1 aromatic rings. The molecule has 8 heteroatoms. The number of hydrogen-bond acceptors (Lipinski definition) is 6. The topological polar surface area (TPSA) is 41.9 Å². The summed E-state index contributed by atoms with van der Waals surface area (Å²) >= 11 is 8.33. The van der Waals surface area contributed by atoms with Gasteiger partial charge in [-0.3, -0.25) is 0 Å². The number of nitrogens with zero attached hydrogens (tertiary/aromatic N) is 4. The minimum atomic E-state index is 0. The summed E-state index contributed by atoms with van der Waals surface area (Å²) in [6, 6.07) is 0. The van der Waals surface area contributed by atoms with E-state index in [2.05, 4.69) is 59.0 Å². The van der Waals surface area contributed by atoms with E-state index in [4.69, 9.17) is 0 Å². The molecule has 0 amide bonds. The third-order valence-corrected chi connectivity index (χ3v) is 2.85. The summed E-state index contributed by atoms with van der Waals surface area (Å²) < 4.78 is 0. The summed E-state index contributed by atoms with van der Waals surface area (Å²) in [5.74, 6) is 0.692. The predicted octanol–water partition coefficient (Wildman–Crippen LogP) is 1.56. The van der Waals surface area contributed by atoms with Crippen LogP contribution >= 0.6 is 25.3 Å². The summed E-state index contributed by atoms with van der Waals surface area (Å²) in [5.41, 5.74) is 0. The van der Waals surface area contributed by atoms with Crippen LogP contribution in [0.5, 0.6) is 0 Å². The quantitative estimate of drug-likeness (QED) is 0.591. The number of hydrogen-bond donors (Lipinski definition) is 2. The molecular formula is C11H22N4Na2S2. The van der Waals surface area contributed by atoms with Crippen molar-refractivity contribution < 1.29 is 0 Å². The summed E-state index contributed by atoms with van der Waals surface area (Å²) in [5, 5.41) is 0.857. The Morgan fingerprint density at radius 2 is 1.26 bits per heavy atom. The van der Waals surface area contributed by atoms with Crippen LogP contribution in [0.15, 0.2) is 10.3 Å². The molecular weight excluding hydrogens is 298 g/mol. The molecule has 0 aromatic carbocycles. The van der Waals surface area contributed by atoms with Crippen LogP contribution in [0.25, 0.3) is 0 Å². The summed E-state index contributed by atoms with van der Waals surface area (Å²) in [7, 11) is 0. The van der Waals surface area contributed by atoms with Crippen molar-refractivity contribution in [1.82, 2.24) is 15.0 Å². The zero-order valence-corrected chi connectivity index (χ0v) is 12.2. The fourth-order valence-corrected chi connectivity index (χ4v) is 1.94. The van der Waals surface area contributed by atoms with E-state index in [0.29, 0.717) is 16.3 Å². The third kappa shape index (κ3) is 9.19. The molecule has 0 atom stereocenters. The predicted molar refractivity (Wildman–Crippen MR) is 90.7 cm³/mol. The fraction of sp³-hybridized carbons (Fsp3) is 0.727. The minimum absolute atomic E-state index is 0. The first-order chi connectivity index (χ1) is 8.17. The van der Waals surface area contributed by atoms with Crippen LogP contribution in [0.1, 0.15) is 39.5 Å². The molecule has 0 N–H and O–H groups in total. The second-order valence-corrected chi connectivity index (χ2v) is 4.73. The number of aromatic nitrogens is 3. The Hall–Kier alpha value is 1.51. The van der Waals surface area contributed by atoms with E-state index in [9.17, 15) is 0 Å². The van der Waals surface area contributed by atoms with Crippen molar-refractivity contribution in [1.29, 1.82) is 0 Å². The van der Waals surface area contributed by atoms with E-state index in [1.807, 2.05) is 0 Å².